The number of carbonyl (C=O) groups is 1. The molecule has 2 bridgehead atoms. The standard InChI is InChI=1S/C37H39F2N3O4S/c38-37(39,28-10-6-9-25(19-28)24-7-2-1-3-8-24)35(36(43)42-30-15-16-31(42)23-29(40)22-30)41-47(44,45)34-18-14-26-20-33(17-13-27(26)21-34)46-32-11-4-5-12-32/h1-3,6-10,13-14,17-21,29-32,35,41H,4-5,11-12,15-16,22-23,40H2/t29?,30?,31?,35-/m0/s1. The minimum absolute atomic E-state index is 0.128. The fourth-order valence-corrected chi connectivity index (χ4v) is 8.80. The van der Waals surface area contributed by atoms with Crippen molar-refractivity contribution in [3.05, 3.63) is 96.6 Å². The van der Waals surface area contributed by atoms with Gasteiger partial charge in [-0.15, -0.1) is 0 Å². The summed E-state index contributed by atoms with van der Waals surface area (Å²) in [5.41, 5.74) is 7.02. The van der Waals surface area contributed by atoms with Crippen LogP contribution in [0.1, 0.15) is 56.9 Å². The van der Waals surface area contributed by atoms with E-state index in [9.17, 15) is 13.2 Å². The van der Waals surface area contributed by atoms with E-state index in [-0.39, 0.29) is 29.1 Å². The van der Waals surface area contributed by atoms with E-state index in [1.54, 1.807) is 36.4 Å². The van der Waals surface area contributed by atoms with E-state index in [1.807, 2.05) is 24.3 Å². The van der Waals surface area contributed by atoms with E-state index in [0.717, 1.165) is 36.6 Å². The predicted octanol–water partition coefficient (Wildman–Crippen LogP) is 6.75. The first kappa shape index (κ1) is 31.7. The molecule has 2 heterocycles. The van der Waals surface area contributed by atoms with Gasteiger partial charge in [0.1, 0.15) is 5.75 Å². The third-order valence-corrected chi connectivity index (χ3v) is 11.4. The summed E-state index contributed by atoms with van der Waals surface area (Å²) in [4.78, 5) is 15.5. The summed E-state index contributed by atoms with van der Waals surface area (Å²) >= 11 is 0. The maximum absolute atomic E-state index is 16.8. The van der Waals surface area contributed by atoms with Crippen LogP contribution in [0.3, 0.4) is 0 Å². The molecule has 4 aromatic rings. The number of hydrogen-bond donors (Lipinski definition) is 2. The van der Waals surface area contributed by atoms with Crippen molar-refractivity contribution in [2.24, 2.45) is 5.73 Å². The minimum Gasteiger partial charge on any atom is -0.490 e. The van der Waals surface area contributed by atoms with Crippen molar-refractivity contribution in [2.45, 2.75) is 92.5 Å². The molecule has 3 fully saturated rings. The average Bonchev–Trinajstić information content (AvgIpc) is 3.68. The van der Waals surface area contributed by atoms with Gasteiger partial charge in [0.05, 0.1) is 11.0 Å². The van der Waals surface area contributed by atoms with E-state index < -0.39 is 33.5 Å². The van der Waals surface area contributed by atoms with E-state index in [0.29, 0.717) is 42.4 Å². The maximum atomic E-state index is 16.8. The van der Waals surface area contributed by atoms with Gasteiger partial charge in [-0.1, -0.05) is 60.7 Å². The SMILES string of the molecule is NC1CC2CCC(C1)N2C(=O)[C@H](NS(=O)(=O)c1ccc2cc(OC3CCCC3)ccc2c1)C(F)(F)c1cccc(-c2ccccc2)c1. The summed E-state index contributed by atoms with van der Waals surface area (Å²) < 4.78 is 69.6. The Morgan fingerprint density at radius 2 is 1.49 bits per heavy atom. The number of amides is 1. The van der Waals surface area contributed by atoms with Crippen molar-refractivity contribution >= 4 is 26.7 Å². The molecular weight excluding hydrogens is 620 g/mol. The van der Waals surface area contributed by atoms with Crippen molar-refractivity contribution in [2.75, 3.05) is 0 Å². The van der Waals surface area contributed by atoms with Gasteiger partial charge in [-0.3, -0.25) is 4.79 Å². The Kier molecular flexibility index (Phi) is 8.53. The molecular formula is C37H39F2N3O4S. The second-order valence-electron chi connectivity index (χ2n) is 13.2. The third-order valence-electron chi connectivity index (χ3n) is 9.96. The number of hydrogen-bond acceptors (Lipinski definition) is 5. The Balaban J connectivity index is 1.22. The Morgan fingerprint density at radius 3 is 2.21 bits per heavy atom. The largest absolute Gasteiger partial charge is 0.490 e. The van der Waals surface area contributed by atoms with Crippen molar-refractivity contribution in [3.63, 3.8) is 0 Å². The highest BCUT2D eigenvalue weighted by Gasteiger charge is 2.53. The number of sulfonamides is 1. The van der Waals surface area contributed by atoms with Crippen molar-refractivity contribution in [1.29, 1.82) is 0 Å². The Morgan fingerprint density at radius 1 is 0.830 bits per heavy atom. The highest BCUT2D eigenvalue weighted by Crippen LogP contribution is 2.41. The van der Waals surface area contributed by atoms with Gasteiger partial charge in [0.25, 0.3) is 5.92 Å². The smallest absolute Gasteiger partial charge is 0.298 e. The zero-order valence-corrected chi connectivity index (χ0v) is 26.8. The summed E-state index contributed by atoms with van der Waals surface area (Å²) in [5, 5.41) is 1.37. The molecule has 4 aromatic carbocycles. The van der Waals surface area contributed by atoms with Crippen LogP contribution in [-0.4, -0.2) is 49.5 Å². The molecule has 3 N–H and O–H groups in total. The number of rotatable bonds is 9. The Labute approximate surface area is 274 Å². The van der Waals surface area contributed by atoms with Crippen LogP contribution in [0.5, 0.6) is 5.75 Å². The summed E-state index contributed by atoms with van der Waals surface area (Å²) in [6.07, 6.45) is 6.75. The second-order valence-corrected chi connectivity index (χ2v) is 14.9. The normalized spacial score (nSPS) is 22.4. The fraction of sp³-hybridized carbons (Fsp3) is 0.378. The number of fused-ring (bicyclic) bond motifs is 3. The monoisotopic (exact) mass is 659 g/mol. The van der Waals surface area contributed by atoms with Gasteiger partial charge in [-0.25, -0.2) is 8.42 Å². The summed E-state index contributed by atoms with van der Waals surface area (Å²) in [5.74, 6) is -4.10. The number of nitrogens with one attached hydrogen (secondary N) is 1. The maximum Gasteiger partial charge on any atom is 0.298 e. The highest BCUT2D eigenvalue weighted by atomic mass is 32.2. The minimum atomic E-state index is -4.58. The molecule has 3 aliphatic rings. The molecule has 47 heavy (non-hydrogen) atoms. The summed E-state index contributed by atoms with van der Waals surface area (Å²) in [6.45, 7) is 0. The van der Waals surface area contributed by atoms with Crippen molar-refractivity contribution in [1.82, 2.24) is 9.62 Å². The van der Waals surface area contributed by atoms with E-state index in [1.165, 1.54) is 35.2 Å². The van der Waals surface area contributed by atoms with Crippen LogP contribution in [0.25, 0.3) is 21.9 Å². The van der Waals surface area contributed by atoms with E-state index >= 15 is 8.78 Å². The van der Waals surface area contributed by atoms with Gasteiger partial charge in [0.15, 0.2) is 6.04 Å². The molecule has 7 nitrogen and oxygen atoms in total. The Hall–Kier alpha value is -3.86. The number of halogens is 2. The molecule has 2 aliphatic heterocycles. The molecule has 3 atom stereocenters. The van der Waals surface area contributed by atoms with Crippen molar-refractivity contribution in [3.8, 4) is 16.9 Å². The van der Waals surface area contributed by atoms with E-state index in [2.05, 4.69) is 4.72 Å². The number of benzene rings is 4. The lowest BCUT2D eigenvalue weighted by atomic mass is 9.93. The van der Waals surface area contributed by atoms with Crippen LogP contribution in [0, 0.1) is 0 Å². The zero-order chi connectivity index (χ0) is 32.8. The van der Waals surface area contributed by atoms with Crippen molar-refractivity contribution < 1.29 is 26.7 Å². The molecule has 2 unspecified atom stereocenters. The fourth-order valence-electron chi connectivity index (χ4n) is 7.58. The van der Waals surface area contributed by atoms with Crippen LogP contribution in [0.4, 0.5) is 8.78 Å². The predicted molar refractivity (Wildman–Crippen MR) is 178 cm³/mol. The number of nitrogens with zero attached hydrogens (tertiary/aromatic N) is 1. The highest BCUT2D eigenvalue weighted by molar-refractivity contribution is 7.89. The van der Waals surface area contributed by atoms with Gasteiger partial charge in [-0.05, 0) is 104 Å². The van der Waals surface area contributed by atoms with Crippen LogP contribution < -0.4 is 15.2 Å². The topological polar surface area (TPSA) is 102 Å². The summed E-state index contributed by atoms with van der Waals surface area (Å²) in [6, 6.07) is 21.6. The van der Waals surface area contributed by atoms with E-state index in [4.69, 9.17) is 10.5 Å². The quantitative estimate of drug-likeness (QED) is 0.207. The molecule has 0 spiro atoms. The lowest BCUT2D eigenvalue weighted by Crippen LogP contribution is -2.60. The third kappa shape index (κ3) is 6.38. The molecule has 0 radical (unpaired) electrons. The number of piperidine rings is 1. The summed E-state index contributed by atoms with van der Waals surface area (Å²) in [7, 11) is -4.58. The van der Waals surface area contributed by atoms with Crippen LogP contribution in [0.15, 0.2) is 95.9 Å². The first-order chi connectivity index (χ1) is 22.6. The van der Waals surface area contributed by atoms with Gasteiger partial charge >= 0.3 is 0 Å². The number of alkyl halides is 2. The Bertz CT molecular complexity index is 1870. The number of carbonyl (C=O) groups excluding carboxylic acids is 1. The molecule has 1 aliphatic carbocycles. The zero-order valence-electron chi connectivity index (χ0n) is 26.0. The number of nitrogens with two attached hydrogens (primary N) is 1. The van der Waals surface area contributed by atoms with Crippen LogP contribution >= 0.6 is 0 Å². The first-order valence-corrected chi connectivity index (χ1v) is 17.9. The molecule has 1 saturated carbocycles. The van der Waals surface area contributed by atoms with Crippen LogP contribution in [0.2, 0.25) is 0 Å². The number of ether oxygens (including phenoxy) is 1. The van der Waals surface area contributed by atoms with Gasteiger partial charge in [0, 0.05) is 23.7 Å². The van der Waals surface area contributed by atoms with Crippen LogP contribution in [-0.2, 0) is 20.7 Å². The lowest BCUT2D eigenvalue weighted by Gasteiger charge is -2.41. The molecule has 246 valence electrons. The van der Waals surface area contributed by atoms with Gasteiger partial charge in [0.2, 0.25) is 15.9 Å². The molecule has 7 rings (SSSR count). The molecule has 1 amide bonds. The average molecular weight is 660 g/mol. The lowest BCUT2D eigenvalue weighted by molar-refractivity contribution is -0.149. The molecule has 10 heteroatoms. The second kappa shape index (κ2) is 12.6. The molecule has 0 aromatic heterocycles. The van der Waals surface area contributed by atoms with Gasteiger partial charge in [-0.2, -0.15) is 13.5 Å². The first-order valence-electron chi connectivity index (χ1n) is 16.4. The van der Waals surface area contributed by atoms with Gasteiger partial charge < -0.3 is 15.4 Å². The molecule has 2 saturated heterocycles.